The SMILES string of the molecule is c1ccc(Oc2ccccc2OC2CNC2)cc1. The molecule has 1 fully saturated rings. The zero-order valence-corrected chi connectivity index (χ0v) is 10.0. The van der Waals surface area contributed by atoms with E-state index in [1.165, 1.54) is 0 Å². The fourth-order valence-corrected chi connectivity index (χ4v) is 1.77. The fraction of sp³-hybridized carbons (Fsp3) is 0.200. The van der Waals surface area contributed by atoms with Gasteiger partial charge in [0.25, 0.3) is 0 Å². The molecule has 1 aliphatic heterocycles. The molecule has 2 aromatic carbocycles. The Hall–Kier alpha value is -2.00. The molecule has 0 bridgehead atoms. The molecular weight excluding hydrogens is 226 g/mol. The van der Waals surface area contributed by atoms with Gasteiger partial charge in [-0.2, -0.15) is 0 Å². The van der Waals surface area contributed by atoms with Crippen molar-refractivity contribution in [3.05, 3.63) is 54.6 Å². The molecule has 2 aromatic rings. The van der Waals surface area contributed by atoms with Gasteiger partial charge in [-0.1, -0.05) is 30.3 Å². The van der Waals surface area contributed by atoms with Gasteiger partial charge < -0.3 is 14.8 Å². The van der Waals surface area contributed by atoms with Crippen molar-refractivity contribution in [3.63, 3.8) is 0 Å². The third-order valence-corrected chi connectivity index (χ3v) is 2.86. The molecule has 18 heavy (non-hydrogen) atoms. The summed E-state index contributed by atoms with van der Waals surface area (Å²) in [6, 6.07) is 17.5. The molecule has 1 aliphatic rings. The van der Waals surface area contributed by atoms with Crippen LogP contribution >= 0.6 is 0 Å². The molecule has 0 radical (unpaired) electrons. The topological polar surface area (TPSA) is 30.5 Å². The van der Waals surface area contributed by atoms with E-state index in [0.29, 0.717) is 0 Å². The molecular formula is C15H15NO2. The second-order valence-electron chi connectivity index (χ2n) is 4.26. The standard InChI is InChI=1S/C15H15NO2/c1-2-6-12(7-3-1)17-14-8-4-5-9-15(14)18-13-10-16-11-13/h1-9,13,16H,10-11H2. The first-order valence-electron chi connectivity index (χ1n) is 6.11. The molecule has 0 aromatic heterocycles. The lowest BCUT2D eigenvalue weighted by Gasteiger charge is -2.28. The normalized spacial score (nSPS) is 14.9. The highest BCUT2D eigenvalue weighted by atomic mass is 16.5. The lowest BCUT2D eigenvalue weighted by molar-refractivity contribution is 0.138. The first-order chi connectivity index (χ1) is 8.92. The van der Waals surface area contributed by atoms with Crippen LogP contribution in [0.25, 0.3) is 0 Å². The third kappa shape index (κ3) is 2.46. The molecule has 0 saturated carbocycles. The Morgan fingerprint density at radius 2 is 1.50 bits per heavy atom. The quantitative estimate of drug-likeness (QED) is 0.892. The van der Waals surface area contributed by atoms with Gasteiger partial charge in [0.05, 0.1) is 0 Å². The Kier molecular flexibility index (Phi) is 3.15. The molecule has 0 aliphatic carbocycles. The molecule has 0 amide bonds. The average Bonchev–Trinajstić information content (AvgIpc) is 2.37. The second kappa shape index (κ2) is 5.10. The van der Waals surface area contributed by atoms with Crippen LogP contribution in [0, 0.1) is 0 Å². The Balaban J connectivity index is 1.78. The van der Waals surface area contributed by atoms with Crippen molar-refractivity contribution < 1.29 is 9.47 Å². The van der Waals surface area contributed by atoms with Crippen LogP contribution in [-0.2, 0) is 0 Å². The van der Waals surface area contributed by atoms with Crippen LogP contribution in [-0.4, -0.2) is 19.2 Å². The van der Waals surface area contributed by atoms with Gasteiger partial charge in [-0.15, -0.1) is 0 Å². The maximum Gasteiger partial charge on any atom is 0.169 e. The monoisotopic (exact) mass is 241 g/mol. The van der Waals surface area contributed by atoms with Crippen LogP contribution in [0.5, 0.6) is 17.2 Å². The summed E-state index contributed by atoms with van der Waals surface area (Å²) in [5.41, 5.74) is 0. The lowest BCUT2D eigenvalue weighted by Crippen LogP contribution is -2.50. The highest BCUT2D eigenvalue weighted by Gasteiger charge is 2.19. The van der Waals surface area contributed by atoms with Crippen LogP contribution < -0.4 is 14.8 Å². The Morgan fingerprint density at radius 3 is 2.17 bits per heavy atom. The average molecular weight is 241 g/mol. The predicted octanol–water partition coefficient (Wildman–Crippen LogP) is 2.83. The zero-order valence-electron chi connectivity index (χ0n) is 10.0. The van der Waals surface area contributed by atoms with E-state index in [2.05, 4.69) is 5.32 Å². The summed E-state index contributed by atoms with van der Waals surface area (Å²) < 4.78 is 11.7. The first kappa shape index (κ1) is 11.1. The van der Waals surface area contributed by atoms with E-state index in [-0.39, 0.29) is 6.10 Å². The van der Waals surface area contributed by atoms with E-state index >= 15 is 0 Å². The van der Waals surface area contributed by atoms with E-state index in [1.54, 1.807) is 0 Å². The Bertz CT molecular complexity index is 509. The minimum atomic E-state index is 0.255. The van der Waals surface area contributed by atoms with Gasteiger partial charge in [0.1, 0.15) is 11.9 Å². The van der Waals surface area contributed by atoms with Gasteiger partial charge in [-0.3, -0.25) is 0 Å². The number of para-hydroxylation sites is 3. The van der Waals surface area contributed by atoms with Crippen LogP contribution in [0.3, 0.4) is 0 Å². The molecule has 3 rings (SSSR count). The van der Waals surface area contributed by atoms with E-state index in [4.69, 9.17) is 9.47 Å². The third-order valence-electron chi connectivity index (χ3n) is 2.86. The molecule has 92 valence electrons. The van der Waals surface area contributed by atoms with Crippen molar-refractivity contribution in [2.75, 3.05) is 13.1 Å². The van der Waals surface area contributed by atoms with Gasteiger partial charge in [0.15, 0.2) is 11.5 Å². The van der Waals surface area contributed by atoms with Crippen molar-refractivity contribution in [2.24, 2.45) is 0 Å². The fourth-order valence-electron chi connectivity index (χ4n) is 1.77. The molecule has 1 saturated heterocycles. The van der Waals surface area contributed by atoms with E-state index in [1.807, 2.05) is 54.6 Å². The number of ether oxygens (including phenoxy) is 2. The van der Waals surface area contributed by atoms with E-state index in [9.17, 15) is 0 Å². The van der Waals surface area contributed by atoms with Crippen molar-refractivity contribution >= 4 is 0 Å². The second-order valence-corrected chi connectivity index (χ2v) is 4.26. The molecule has 0 spiro atoms. The van der Waals surface area contributed by atoms with E-state index in [0.717, 1.165) is 30.3 Å². The maximum absolute atomic E-state index is 5.87. The molecule has 3 heteroatoms. The Labute approximate surface area is 106 Å². The van der Waals surface area contributed by atoms with Crippen LogP contribution in [0.1, 0.15) is 0 Å². The van der Waals surface area contributed by atoms with Crippen molar-refractivity contribution in [1.29, 1.82) is 0 Å². The predicted molar refractivity (Wildman–Crippen MR) is 70.2 cm³/mol. The van der Waals surface area contributed by atoms with Gasteiger partial charge in [-0.25, -0.2) is 0 Å². The van der Waals surface area contributed by atoms with Crippen LogP contribution in [0.15, 0.2) is 54.6 Å². The van der Waals surface area contributed by atoms with Crippen molar-refractivity contribution in [2.45, 2.75) is 6.10 Å². The zero-order chi connectivity index (χ0) is 12.2. The highest BCUT2D eigenvalue weighted by molar-refractivity contribution is 5.42. The van der Waals surface area contributed by atoms with Crippen LogP contribution in [0.2, 0.25) is 0 Å². The van der Waals surface area contributed by atoms with Crippen LogP contribution in [0.4, 0.5) is 0 Å². The number of rotatable bonds is 4. The number of hydrogen-bond donors (Lipinski definition) is 1. The lowest BCUT2D eigenvalue weighted by atomic mass is 10.2. The van der Waals surface area contributed by atoms with Gasteiger partial charge in [0.2, 0.25) is 0 Å². The summed E-state index contributed by atoms with van der Waals surface area (Å²) in [4.78, 5) is 0. The molecule has 1 N–H and O–H groups in total. The Morgan fingerprint density at radius 1 is 0.833 bits per heavy atom. The molecule has 3 nitrogen and oxygen atoms in total. The van der Waals surface area contributed by atoms with E-state index < -0.39 is 0 Å². The first-order valence-corrected chi connectivity index (χ1v) is 6.11. The van der Waals surface area contributed by atoms with Gasteiger partial charge in [0, 0.05) is 13.1 Å². The number of benzene rings is 2. The smallest absolute Gasteiger partial charge is 0.169 e. The molecule has 1 heterocycles. The van der Waals surface area contributed by atoms with Crippen molar-refractivity contribution in [3.8, 4) is 17.2 Å². The number of nitrogens with one attached hydrogen (secondary N) is 1. The largest absolute Gasteiger partial charge is 0.484 e. The summed E-state index contributed by atoms with van der Waals surface area (Å²) in [7, 11) is 0. The maximum atomic E-state index is 5.87. The van der Waals surface area contributed by atoms with Gasteiger partial charge in [-0.05, 0) is 24.3 Å². The summed E-state index contributed by atoms with van der Waals surface area (Å²) >= 11 is 0. The summed E-state index contributed by atoms with van der Waals surface area (Å²) in [6.45, 7) is 1.80. The van der Waals surface area contributed by atoms with Gasteiger partial charge >= 0.3 is 0 Å². The summed E-state index contributed by atoms with van der Waals surface area (Å²) in [5, 5.41) is 3.18. The summed E-state index contributed by atoms with van der Waals surface area (Å²) in [6.07, 6.45) is 0.255. The molecule has 0 atom stereocenters. The number of hydrogen-bond acceptors (Lipinski definition) is 3. The summed E-state index contributed by atoms with van der Waals surface area (Å²) in [5.74, 6) is 2.38. The minimum absolute atomic E-state index is 0.255. The minimum Gasteiger partial charge on any atom is -0.484 e. The van der Waals surface area contributed by atoms with Crippen molar-refractivity contribution in [1.82, 2.24) is 5.32 Å². The highest BCUT2D eigenvalue weighted by Crippen LogP contribution is 2.32. The molecule has 0 unspecified atom stereocenters.